The first-order valence-electron chi connectivity index (χ1n) is 7.32. The van der Waals surface area contributed by atoms with Gasteiger partial charge in [-0.05, 0) is 43.4 Å². The van der Waals surface area contributed by atoms with Crippen LogP contribution in [0.1, 0.15) is 43.7 Å². The van der Waals surface area contributed by atoms with Crippen LogP contribution in [0.15, 0.2) is 23.1 Å². The maximum absolute atomic E-state index is 12.8. The second-order valence-electron chi connectivity index (χ2n) is 5.50. The van der Waals surface area contributed by atoms with Gasteiger partial charge in [-0.15, -0.1) is 0 Å². The summed E-state index contributed by atoms with van der Waals surface area (Å²) >= 11 is 0. The molecule has 0 amide bonds. The summed E-state index contributed by atoms with van der Waals surface area (Å²) in [4.78, 5) is 0.428. The normalized spacial score (nSPS) is 15.8. The number of hydrogen-bond acceptors (Lipinski definition) is 3. The number of rotatable bonds is 7. The number of aryl methyl sites for hydroxylation is 1. The molecule has 4 nitrogen and oxygen atoms in total. The minimum absolute atomic E-state index is 0.208. The van der Waals surface area contributed by atoms with Gasteiger partial charge in [0.05, 0.1) is 4.90 Å². The molecule has 0 unspecified atom stereocenters. The van der Waals surface area contributed by atoms with Crippen LogP contribution in [-0.4, -0.2) is 25.3 Å². The molecule has 0 bridgehead atoms. The highest BCUT2D eigenvalue weighted by atomic mass is 32.2. The van der Waals surface area contributed by atoms with E-state index < -0.39 is 10.0 Å². The Balaban J connectivity index is 2.32. The van der Waals surface area contributed by atoms with Crippen molar-refractivity contribution in [1.82, 2.24) is 4.31 Å². The minimum atomic E-state index is -3.37. The summed E-state index contributed by atoms with van der Waals surface area (Å²) < 4.78 is 27.4. The van der Waals surface area contributed by atoms with E-state index in [1.165, 1.54) is 0 Å². The van der Waals surface area contributed by atoms with Gasteiger partial charge in [0, 0.05) is 19.1 Å². The van der Waals surface area contributed by atoms with E-state index in [1.54, 1.807) is 10.4 Å². The Morgan fingerprint density at radius 1 is 1.35 bits per heavy atom. The van der Waals surface area contributed by atoms with Gasteiger partial charge >= 0.3 is 0 Å². The third-order valence-corrected chi connectivity index (χ3v) is 5.86. The van der Waals surface area contributed by atoms with Crippen LogP contribution in [0.25, 0.3) is 0 Å². The molecule has 0 atom stereocenters. The Kier molecular flexibility index (Phi) is 4.83. The summed E-state index contributed by atoms with van der Waals surface area (Å²) in [7, 11) is -3.37. The van der Waals surface area contributed by atoms with Crippen LogP contribution < -0.4 is 5.73 Å². The number of sulfonamides is 1. The van der Waals surface area contributed by atoms with E-state index >= 15 is 0 Å². The molecule has 112 valence electrons. The van der Waals surface area contributed by atoms with Crippen molar-refractivity contribution in [3.05, 3.63) is 29.3 Å². The summed E-state index contributed by atoms with van der Waals surface area (Å²) in [6.07, 6.45) is 3.89. The number of hydrogen-bond donors (Lipinski definition) is 1. The highest BCUT2D eigenvalue weighted by molar-refractivity contribution is 7.89. The van der Waals surface area contributed by atoms with E-state index in [9.17, 15) is 8.42 Å². The van der Waals surface area contributed by atoms with Gasteiger partial charge in [0.15, 0.2) is 0 Å². The SMILES string of the molecule is CCCCN(C1CC1)S(=O)(=O)c1ccc(CN)cc1C. The molecule has 0 saturated heterocycles. The molecule has 0 aliphatic heterocycles. The second kappa shape index (κ2) is 6.24. The zero-order valence-electron chi connectivity index (χ0n) is 12.3. The van der Waals surface area contributed by atoms with E-state index in [-0.39, 0.29) is 6.04 Å². The molecule has 2 N–H and O–H groups in total. The number of nitrogens with zero attached hydrogens (tertiary/aromatic N) is 1. The van der Waals surface area contributed by atoms with Crippen molar-refractivity contribution in [2.75, 3.05) is 6.54 Å². The summed E-state index contributed by atoms with van der Waals surface area (Å²) in [6, 6.07) is 5.59. The quantitative estimate of drug-likeness (QED) is 0.840. The van der Waals surface area contributed by atoms with Gasteiger partial charge in [-0.2, -0.15) is 4.31 Å². The third kappa shape index (κ3) is 3.22. The molecule has 0 radical (unpaired) electrons. The largest absolute Gasteiger partial charge is 0.326 e. The molecule has 1 fully saturated rings. The Labute approximate surface area is 122 Å². The number of benzene rings is 1. The van der Waals surface area contributed by atoms with Crippen LogP contribution in [0.5, 0.6) is 0 Å². The van der Waals surface area contributed by atoms with Crippen molar-refractivity contribution in [3.8, 4) is 0 Å². The van der Waals surface area contributed by atoms with Gasteiger partial charge in [0.1, 0.15) is 0 Å². The Bertz CT molecular complexity index is 565. The summed E-state index contributed by atoms with van der Waals surface area (Å²) in [5.74, 6) is 0. The lowest BCUT2D eigenvalue weighted by Gasteiger charge is -2.23. The number of nitrogens with two attached hydrogens (primary N) is 1. The first-order valence-corrected chi connectivity index (χ1v) is 8.76. The Hall–Kier alpha value is -0.910. The van der Waals surface area contributed by atoms with Crippen molar-refractivity contribution in [2.24, 2.45) is 5.73 Å². The van der Waals surface area contributed by atoms with Crippen molar-refractivity contribution < 1.29 is 8.42 Å². The van der Waals surface area contributed by atoms with Crippen LogP contribution in [0.2, 0.25) is 0 Å². The number of unbranched alkanes of at least 4 members (excludes halogenated alkanes) is 1. The topological polar surface area (TPSA) is 63.4 Å². The predicted octanol–water partition coefficient (Wildman–Crippen LogP) is 2.41. The minimum Gasteiger partial charge on any atom is -0.326 e. The maximum atomic E-state index is 12.8. The van der Waals surface area contributed by atoms with Crippen LogP contribution in [-0.2, 0) is 16.6 Å². The molecular formula is C15H24N2O2S. The van der Waals surface area contributed by atoms with Gasteiger partial charge in [-0.25, -0.2) is 8.42 Å². The van der Waals surface area contributed by atoms with Gasteiger partial charge in [0.2, 0.25) is 10.0 Å². The molecule has 5 heteroatoms. The van der Waals surface area contributed by atoms with Gasteiger partial charge < -0.3 is 5.73 Å². The summed E-state index contributed by atoms with van der Waals surface area (Å²) in [6.45, 7) is 4.99. The molecule has 0 spiro atoms. The zero-order chi connectivity index (χ0) is 14.8. The second-order valence-corrected chi connectivity index (χ2v) is 7.36. The lowest BCUT2D eigenvalue weighted by atomic mass is 10.1. The van der Waals surface area contributed by atoms with Crippen molar-refractivity contribution >= 4 is 10.0 Å². The van der Waals surface area contributed by atoms with Crippen LogP contribution in [0, 0.1) is 6.92 Å². The highest BCUT2D eigenvalue weighted by Crippen LogP contribution is 2.33. The van der Waals surface area contributed by atoms with E-state index in [0.29, 0.717) is 18.0 Å². The van der Waals surface area contributed by atoms with Crippen molar-refractivity contribution in [2.45, 2.75) is 57.0 Å². The standard InChI is InChI=1S/C15H24N2O2S/c1-3-4-9-17(14-6-7-14)20(18,19)15-8-5-13(11-16)10-12(15)2/h5,8,10,14H,3-4,6-7,9,11,16H2,1-2H3. The average molecular weight is 296 g/mol. The molecule has 1 aromatic carbocycles. The Morgan fingerprint density at radius 3 is 2.55 bits per heavy atom. The molecule has 1 aliphatic carbocycles. The first-order chi connectivity index (χ1) is 9.50. The molecule has 1 saturated carbocycles. The van der Waals surface area contributed by atoms with E-state index in [1.807, 2.05) is 19.1 Å². The summed E-state index contributed by atoms with van der Waals surface area (Å²) in [5, 5.41) is 0. The van der Waals surface area contributed by atoms with Crippen molar-refractivity contribution in [1.29, 1.82) is 0 Å². The van der Waals surface area contributed by atoms with E-state index in [2.05, 4.69) is 6.92 Å². The molecule has 0 heterocycles. The molecule has 2 rings (SSSR count). The first kappa shape index (κ1) is 15.5. The summed E-state index contributed by atoms with van der Waals surface area (Å²) in [5.41, 5.74) is 7.35. The average Bonchev–Trinajstić information content (AvgIpc) is 3.23. The zero-order valence-corrected chi connectivity index (χ0v) is 13.1. The van der Waals surface area contributed by atoms with Crippen molar-refractivity contribution in [3.63, 3.8) is 0 Å². The van der Waals surface area contributed by atoms with Crippen LogP contribution in [0.3, 0.4) is 0 Å². The monoisotopic (exact) mass is 296 g/mol. The van der Waals surface area contributed by atoms with Crippen LogP contribution in [0.4, 0.5) is 0 Å². The smallest absolute Gasteiger partial charge is 0.243 e. The fourth-order valence-electron chi connectivity index (χ4n) is 2.43. The molecule has 1 aliphatic rings. The van der Waals surface area contributed by atoms with Gasteiger partial charge in [0.25, 0.3) is 0 Å². The van der Waals surface area contributed by atoms with Gasteiger partial charge in [-0.1, -0.05) is 25.5 Å². The lowest BCUT2D eigenvalue weighted by molar-refractivity contribution is 0.395. The van der Waals surface area contributed by atoms with Crippen LogP contribution >= 0.6 is 0 Å². The van der Waals surface area contributed by atoms with E-state index in [4.69, 9.17) is 5.73 Å². The predicted molar refractivity (Wildman–Crippen MR) is 80.9 cm³/mol. The molecule has 1 aromatic rings. The maximum Gasteiger partial charge on any atom is 0.243 e. The fraction of sp³-hybridized carbons (Fsp3) is 0.600. The third-order valence-electron chi connectivity index (χ3n) is 3.75. The Morgan fingerprint density at radius 2 is 2.05 bits per heavy atom. The van der Waals surface area contributed by atoms with E-state index in [0.717, 1.165) is 36.8 Å². The highest BCUT2D eigenvalue weighted by Gasteiger charge is 2.38. The molecular weight excluding hydrogens is 272 g/mol. The molecule has 20 heavy (non-hydrogen) atoms. The molecule has 0 aromatic heterocycles. The van der Waals surface area contributed by atoms with Gasteiger partial charge in [-0.3, -0.25) is 0 Å². The fourth-order valence-corrected chi connectivity index (χ4v) is 4.36. The lowest BCUT2D eigenvalue weighted by Crippen LogP contribution is -2.34.